The van der Waals surface area contributed by atoms with Crippen molar-refractivity contribution >= 4 is 11.9 Å². The van der Waals surface area contributed by atoms with Crippen molar-refractivity contribution in [1.82, 2.24) is 0 Å². The summed E-state index contributed by atoms with van der Waals surface area (Å²) in [6, 6.07) is 6.83. The standard InChI is InChI=1S/C16H20O7/c1-10(18)21-13-7-14(16(19)20-2)23-15(8-13)22-12-5-3-11(9-17)4-6-12/h3-6,13-15,17H,7-9H2,1-2H3. The Morgan fingerprint density at radius 2 is 1.96 bits per heavy atom. The van der Waals surface area contributed by atoms with Gasteiger partial charge in [-0.3, -0.25) is 4.79 Å². The number of esters is 2. The summed E-state index contributed by atoms with van der Waals surface area (Å²) in [4.78, 5) is 22.9. The molecule has 3 unspecified atom stereocenters. The Morgan fingerprint density at radius 1 is 1.26 bits per heavy atom. The summed E-state index contributed by atoms with van der Waals surface area (Å²) in [6.07, 6.45) is -1.52. The molecule has 1 aliphatic heterocycles. The van der Waals surface area contributed by atoms with Crippen molar-refractivity contribution < 1.29 is 33.6 Å². The van der Waals surface area contributed by atoms with Crippen molar-refractivity contribution in [3.8, 4) is 5.75 Å². The number of benzene rings is 1. The fourth-order valence-corrected chi connectivity index (χ4v) is 2.36. The molecular formula is C16H20O7. The van der Waals surface area contributed by atoms with Crippen LogP contribution in [-0.4, -0.2) is 42.7 Å². The molecule has 1 aromatic carbocycles. The van der Waals surface area contributed by atoms with Crippen molar-refractivity contribution in [2.45, 2.75) is 44.9 Å². The van der Waals surface area contributed by atoms with Crippen molar-refractivity contribution in [2.24, 2.45) is 0 Å². The molecule has 1 aliphatic rings. The van der Waals surface area contributed by atoms with Gasteiger partial charge >= 0.3 is 11.9 Å². The summed E-state index contributed by atoms with van der Waals surface area (Å²) >= 11 is 0. The van der Waals surface area contributed by atoms with Gasteiger partial charge < -0.3 is 24.1 Å². The zero-order valence-corrected chi connectivity index (χ0v) is 13.1. The normalized spacial score (nSPS) is 23.9. The minimum absolute atomic E-state index is 0.0564. The molecule has 0 saturated carbocycles. The molecule has 0 amide bonds. The highest BCUT2D eigenvalue weighted by Crippen LogP contribution is 2.26. The average molecular weight is 324 g/mol. The maximum Gasteiger partial charge on any atom is 0.335 e. The van der Waals surface area contributed by atoms with E-state index >= 15 is 0 Å². The van der Waals surface area contributed by atoms with Crippen LogP contribution in [-0.2, 0) is 30.4 Å². The quantitative estimate of drug-likeness (QED) is 0.813. The zero-order chi connectivity index (χ0) is 16.8. The highest BCUT2D eigenvalue weighted by molar-refractivity contribution is 5.74. The highest BCUT2D eigenvalue weighted by atomic mass is 16.7. The predicted octanol–water partition coefficient (Wildman–Crippen LogP) is 1.17. The number of aliphatic hydroxyl groups is 1. The van der Waals surface area contributed by atoms with E-state index in [-0.39, 0.29) is 13.0 Å². The van der Waals surface area contributed by atoms with E-state index in [0.717, 1.165) is 5.56 Å². The summed E-state index contributed by atoms with van der Waals surface area (Å²) in [7, 11) is 1.27. The first-order chi connectivity index (χ1) is 11.0. The van der Waals surface area contributed by atoms with Gasteiger partial charge in [-0.05, 0) is 17.7 Å². The molecule has 0 spiro atoms. The zero-order valence-electron chi connectivity index (χ0n) is 13.1. The second-order valence-electron chi connectivity index (χ2n) is 5.20. The van der Waals surface area contributed by atoms with Crippen LogP contribution < -0.4 is 4.74 Å². The molecule has 3 atom stereocenters. The second-order valence-corrected chi connectivity index (χ2v) is 5.20. The average Bonchev–Trinajstić information content (AvgIpc) is 2.54. The van der Waals surface area contributed by atoms with Crippen LogP contribution in [0.15, 0.2) is 24.3 Å². The summed E-state index contributed by atoms with van der Waals surface area (Å²) in [6.45, 7) is 1.26. The Hall–Kier alpha value is -2.12. The van der Waals surface area contributed by atoms with E-state index in [0.29, 0.717) is 12.2 Å². The molecule has 1 aromatic rings. The van der Waals surface area contributed by atoms with Crippen molar-refractivity contribution in [3.05, 3.63) is 29.8 Å². The fraction of sp³-hybridized carbons (Fsp3) is 0.500. The SMILES string of the molecule is COC(=O)C1CC(OC(C)=O)CC(Oc2ccc(CO)cc2)O1. The summed E-state index contributed by atoms with van der Waals surface area (Å²) < 4.78 is 21.1. The Kier molecular flexibility index (Phi) is 5.95. The third-order valence-corrected chi connectivity index (χ3v) is 3.42. The van der Waals surface area contributed by atoms with Gasteiger partial charge in [0, 0.05) is 19.8 Å². The molecule has 126 valence electrons. The lowest BCUT2D eigenvalue weighted by atomic mass is 10.0. The van der Waals surface area contributed by atoms with E-state index in [1.54, 1.807) is 24.3 Å². The molecule has 1 N–H and O–H groups in total. The predicted molar refractivity (Wildman–Crippen MR) is 78.5 cm³/mol. The van der Waals surface area contributed by atoms with Gasteiger partial charge in [0.05, 0.1) is 13.7 Å². The van der Waals surface area contributed by atoms with Crippen LogP contribution in [0.3, 0.4) is 0 Å². The van der Waals surface area contributed by atoms with Gasteiger partial charge in [-0.1, -0.05) is 12.1 Å². The number of carbonyl (C=O) groups excluding carboxylic acids is 2. The molecule has 7 nitrogen and oxygen atoms in total. The monoisotopic (exact) mass is 324 g/mol. The second kappa shape index (κ2) is 7.94. The van der Waals surface area contributed by atoms with Crippen LogP contribution in [0.5, 0.6) is 5.75 Å². The van der Waals surface area contributed by atoms with Crippen LogP contribution in [0.1, 0.15) is 25.3 Å². The molecule has 1 saturated heterocycles. The summed E-state index contributed by atoms with van der Waals surface area (Å²) in [5.41, 5.74) is 0.757. The van der Waals surface area contributed by atoms with Gasteiger partial charge in [0.1, 0.15) is 11.9 Å². The molecule has 0 aromatic heterocycles. The Balaban J connectivity index is 2.05. The van der Waals surface area contributed by atoms with E-state index in [4.69, 9.17) is 19.3 Å². The molecule has 2 rings (SSSR count). The number of rotatable bonds is 5. The Bertz CT molecular complexity index is 540. The minimum Gasteiger partial charge on any atom is -0.467 e. The summed E-state index contributed by atoms with van der Waals surface area (Å²) in [5, 5.41) is 9.03. The van der Waals surface area contributed by atoms with Crippen LogP contribution in [0, 0.1) is 0 Å². The number of aliphatic hydroxyl groups excluding tert-OH is 1. The third-order valence-electron chi connectivity index (χ3n) is 3.42. The molecule has 0 aliphatic carbocycles. The lowest BCUT2D eigenvalue weighted by Gasteiger charge is -2.33. The fourth-order valence-electron chi connectivity index (χ4n) is 2.36. The van der Waals surface area contributed by atoms with E-state index in [9.17, 15) is 9.59 Å². The van der Waals surface area contributed by atoms with Crippen LogP contribution in [0.4, 0.5) is 0 Å². The third kappa shape index (κ3) is 4.94. The highest BCUT2D eigenvalue weighted by Gasteiger charge is 2.37. The number of hydrogen-bond donors (Lipinski definition) is 1. The van der Waals surface area contributed by atoms with Crippen LogP contribution >= 0.6 is 0 Å². The minimum atomic E-state index is -0.847. The van der Waals surface area contributed by atoms with Crippen LogP contribution in [0.2, 0.25) is 0 Å². The molecule has 0 radical (unpaired) electrons. The van der Waals surface area contributed by atoms with E-state index in [1.165, 1.54) is 14.0 Å². The molecule has 0 bridgehead atoms. The smallest absolute Gasteiger partial charge is 0.335 e. The van der Waals surface area contributed by atoms with Crippen LogP contribution in [0.25, 0.3) is 0 Å². The lowest BCUT2D eigenvalue weighted by Crippen LogP contribution is -2.44. The number of methoxy groups -OCH3 is 1. The van der Waals surface area contributed by atoms with E-state index < -0.39 is 30.4 Å². The Morgan fingerprint density at radius 3 is 2.52 bits per heavy atom. The van der Waals surface area contributed by atoms with Gasteiger partial charge in [-0.2, -0.15) is 0 Å². The maximum absolute atomic E-state index is 11.7. The number of ether oxygens (including phenoxy) is 4. The number of hydrogen-bond acceptors (Lipinski definition) is 7. The molecule has 23 heavy (non-hydrogen) atoms. The van der Waals surface area contributed by atoms with Gasteiger partial charge in [-0.15, -0.1) is 0 Å². The first kappa shape index (κ1) is 17.2. The molecule has 1 heterocycles. The molecular weight excluding hydrogens is 304 g/mol. The van der Waals surface area contributed by atoms with Gasteiger partial charge in [0.15, 0.2) is 6.10 Å². The van der Waals surface area contributed by atoms with Gasteiger partial charge in [0.25, 0.3) is 0 Å². The van der Waals surface area contributed by atoms with E-state index in [1.807, 2.05) is 0 Å². The first-order valence-electron chi connectivity index (χ1n) is 7.28. The number of carbonyl (C=O) groups is 2. The van der Waals surface area contributed by atoms with Crippen molar-refractivity contribution in [3.63, 3.8) is 0 Å². The van der Waals surface area contributed by atoms with Gasteiger partial charge in [0.2, 0.25) is 6.29 Å². The topological polar surface area (TPSA) is 91.3 Å². The van der Waals surface area contributed by atoms with Crippen molar-refractivity contribution in [2.75, 3.05) is 7.11 Å². The first-order valence-corrected chi connectivity index (χ1v) is 7.28. The van der Waals surface area contributed by atoms with Gasteiger partial charge in [-0.25, -0.2) is 4.79 Å². The van der Waals surface area contributed by atoms with Crippen molar-refractivity contribution in [1.29, 1.82) is 0 Å². The Labute approximate surface area is 134 Å². The lowest BCUT2D eigenvalue weighted by molar-refractivity contribution is -0.204. The molecule has 1 fully saturated rings. The van der Waals surface area contributed by atoms with E-state index in [2.05, 4.69) is 4.74 Å². The maximum atomic E-state index is 11.7. The summed E-state index contributed by atoms with van der Waals surface area (Å²) in [5.74, 6) is -0.433. The largest absolute Gasteiger partial charge is 0.467 e. The molecule has 7 heteroatoms.